The summed E-state index contributed by atoms with van der Waals surface area (Å²) in [7, 11) is 3.45. The summed E-state index contributed by atoms with van der Waals surface area (Å²) in [5.41, 5.74) is 1.82. The number of carbonyl (C=O) groups excluding carboxylic acids is 1. The Morgan fingerprint density at radius 1 is 1.03 bits per heavy atom. The number of imidazole rings is 1. The van der Waals surface area contributed by atoms with Crippen LogP contribution >= 0.6 is 0 Å². The van der Waals surface area contributed by atoms with Gasteiger partial charge in [0.05, 0.1) is 18.1 Å². The normalized spacial score (nSPS) is 21.1. The van der Waals surface area contributed by atoms with Crippen LogP contribution in [0.5, 0.6) is 5.75 Å². The number of hydrogen-bond acceptors (Lipinski definition) is 6. The van der Waals surface area contributed by atoms with Crippen molar-refractivity contribution in [3.8, 4) is 5.75 Å². The summed E-state index contributed by atoms with van der Waals surface area (Å²) < 4.78 is 8.94. The highest BCUT2D eigenvalue weighted by atomic mass is 16.5. The fourth-order valence-corrected chi connectivity index (χ4v) is 5.38. The molecule has 1 amide bonds. The molecule has 2 aliphatic rings. The highest BCUT2D eigenvalue weighted by Gasteiger charge is 2.32. The summed E-state index contributed by atoms with van der Waals surface area (Å²) >= 11 is 0. The third kappa shape index (κ3) is 4.26. The Bertz CT molecular complexity index is 1200. The van der Waals surface area contributed by atoms with Crippen LogP contribution in [0.1, 0.15) is 25.7 Å². The maximum absolute atomic E-state index is 13.2. The second-order valence-corrected chi connectivity index (χ2v) is 9.39. The van der Waals surface area contributed by atoms with E-state index in [1.54, 1.807) is 24.1 Å². The van der Waals surface area contributed by atoms with Gasteiger partial charge in [-0.2, -0.15) is 0 Å². The molecule has 1 aromatic carbocycles. The zero-order valence-electron chi connectivity index (χ0n) is 19.9. The Kier molecular flexibility index (Phi) is 6.26. The number of anilines is 1. The zero-order chi connectivity index (χ0) is 23.7. The molecule has 9 nitrogen and oxygen atoms in total. The molecule has 2 aromatic heterocycles. The van der Waals surface area contributed by atoms with Crippen molar-refractivity contribution in [2.24, 2.45) is 18.9 Å². The molecule has 3 aromatic rings. The third-order valence-electron chi connectivity index (χ3n) is 7.42. The maximum Gasteiger partial charge on any atom is 0.328 e. The van der Waals surface area contributed by atoms with Crippen LogP contribution in [0.15, 0.2) is 41.5 Å². The average molecular weight is 465 g/mol. The van der Waals surface area contributed by atoms with E-state index in [1.165, 1.54) is 0 Å². The summed E-state index contributed by atoms with van der Waals surface area (Å²) in [6, 6.07) is 7.57. The van der Waals surface area contributed by atoms with E-state index in [4.69, 9.17) is 4.74 Å². The van der Waals surface area contributed by atoms with Crippen molar-refractivity contribution >= 4 is 22.9 Å². The summed E-state index contributed by atoms with van der Waals surface area (Å²) in [4.78, 5) is 38.8. The number of aromatic nitrogens is 4. The summed E-state index contributed by atoms with van der Waals surface area (Å²) in [5, 5.41) is 0. The minimum absolute atomic E-state index is 0.00159. The lowest BCUT2D eigenvalue weighted by atomic mass is 9.81. The van der Waals surface area contributed by atoms with Crippen molar-refractivity contribution in [3.63, 3.8) is 0 Å². The van der Waals surface area contributed by atoms with Crippen molar-refractivity contribution in [1.29, 1.82) is 0 Å². The Morgan fingerprint density at radius 2 is 1.74 bits per heavy atom. The zero-order valence-corrected chi connectivity index (χ0v) is 19.9. The van der Waals surface area contributed by atoms with Gasteiger partial charge in [-0.3, -0.25) is 13.9 Å². The largest absolute Gasteiger partial charge is 0.497 e. The van der Waals surface area contributed by atoms with E-state index in [9.17, 15) is 9.59 Å². The minimum Gasteiger partial charge on any atom is -0.497 e. The van der Waals surface area contributed by atoms with Gasteiger partial charge < -0.3 is 14.5 Å². The average Bonchev–Trinajstić information content (AvgIpc) is 3.13. The van der Waals surface area contributed by atoms with Crippen LogP contribution in [-0.4, -0.2) is 63.2 Å². The molecule has 1 saturated heterocycles. The first-order valence-corrected chi connectivity index (χ1v) is 12.1. The number of carbonyl (C=O) groups is 1. The number of piperazine rings is 1. The van der Waals surface area contributed by atoms with Crippen LogP contribution in [0, 0.1) is 11.8 Å². The number of nitrogens with zero attached hydrogens (tertiary/aromatic N) is 6. The van der Waals surface area contributed by atoms with Gasteiger partial charge in [0.1, 0.15) is 5.75 Å². The molecule has 0 atom stereocenters. The molecular weight excluding hydrogens is 432 g/mol. The van der Waals surface area contributed by atoms with Crippen LogP contribution in [0.3, 0.4) is 0 Å². The Balaban J connectivity index is 1.18. The second kappa shape index (κ2) is 9.48. The van der Waals surface area contributed by atoms with Gasteiger partial charge >= 0.3 is 5.69 Å². The lowest BCUT2D eigenvalue weighted by molar-refractivity contribution is -0.137. The fraction of sp³-hybridized carbons (Fsp3) is 0.520. The van der Waals surface area contributed by atoms with E-state index in [0.717, 1.165) is 61.5 Å². The molecular formula is C25H32N6O3. The smallest absolute Gasteiger partial charge is 0.328 e. The fourth-order valence-electron chi connectivity index (χ4n) is 5.38. The summed E-state index contributed by atoms with van der Waals surface area (Å²) in [6.45, 7) is 3.63. The van der Waals surface area contributed by atoms with Crippen LogP contribution in [0.2, 0.25) is 0 Å². The first-order valence-electron chi connectivity index (χ1n) is 12.1. The van der Waals surface area contributed by atoms with Crippen molar-refractivity contribution in [1.82, 2.24) is 24.0 Å². The predicted molar refractivity (Wildman–Crippen MR) is 130 cm³/mol. The molecule has 2 fully saturated rings. The molecule has 9 heteroatoms. The lowest BCUT2D eigenvalue weighted by Crippen LogP contribution is -2.51. The van der Waals surface area contributed by atoms with Crippen molar-refractivity contribution in [3.05, 3.63) is 47.1 Å². The number of rotatable bonds is 5. The quantitative estimate of drug-likeness (QED) is 0.576. The van der Waals surface area contributed by atoms with Crippen LogP contribution in [0.4, 0.5) is 5.95 Å². The van der Waals surface area contributed by atoms with Crippen molar-refractivity contribution in [2.45, 2.75) is 32.2 Å². The number of amides is 1. The van der Waals surface area contributed by atoms with Crippen LogP contribution < -0.4 is 15.3 Å². The topological polar surface area (TPSA) is 85.5 Å². The van der Waals surface area contributed by atoms with E-state index in [-0.39, 0.29) is 17.5 Å². The van der Waals surface area contributed by atoms with Gasteiger partial charge in [-0.25, -0.2) is 14.8 Å². The van der Waals surface area contributed by atoms with Gasteiger partial charge in [0.2, 0.25) is 11.9 Å². The highest BCUT2D eigenvalue weighted by Crippen LogP contribution is 2.32. The Labute approximate surface area is 199 Å². The van der Waals surface area contributed by atoms with Crippen molar-refractivity contribution < 1.29 is 9.53 Å². The molecule has 0 unspecified atom stereocenters. The lowest BCUT2D eigenvalue weighted by Gasteiger charge is -2.37. The van der Waals surface area contributed by atoms with E-state index in [2.05, 4.69) is 14.9 Å². The molecule has 1 saturated carbocycles. The van der Waals surface area contributed by atoms with E-state index < -0.39 is 0 Å². The summed E-state index contributed by atoms with van der Waals surface area (Å²) in [6.07, 6.45) is 7.19. The van der Waals surface area contributed by atoms with E-state index in [0.29, 0.717) is 25.6 Å². The third-order valence-corrected chi connectivity index (χ3v) is 7.42. The Hall–Kier alpha value is -3.36. The SMILES string of the molecule is COc1ccc2c(c1)n(CC1CCC(C(=O)N3CCN(c4ncccn4)CC3)CC1)c(=O)n2C. The molecule has 1 aliphatic heterocycles. The minimum atomic E-state index is 0.00159. The molecule has 0 spiro atoms. The highest BCUT2D eigenvalue weighted by molar-refractivity contribution is 5.79. The molecule has 34 heavy (non-hydrogen) atoms. The predicted octanol–water partition coefficient (Wildman–Crippen LogP) is 2.29. The van der Waals surface area contributed by atoms with E-state index in [1.807, 2.05) is 40.8 Å². The molecule has 0 N–H and O–H groups in total. The number of ether oxygens (including phenoxy) is 1. The molecule has 1 aliphatic carbocycles. The van der Waals surface area contributed by atoms with Gasteiger partial charge in [0.25, 0.3) is 0 Å². The molecule has 3 heterocycles. The second-order valence-electron chi connectivity index (χ2n) is 9.39. The van der Waals surface area contributed by atoms with Gasteiger partial charge in [0, 0.05) is 64.1 Å². The van der Waals surface area contributed by atoms with E-state index >= 15 is 0 Å². The molecule has 0 bridgehead atoms. The van der Waals surface area contributed by atoms with Crippen molar-refractivity contribution in [2.75, 3.05) is 38.2 Å². The number of methoxy groups -OCH3 is 1. The van der Waals surface area contributed by atoms with Gasteiger partial charge in [-0.05, 0) is 49.8 Å². The molecule has 5 rings (SSSR count). The monoisotopic (exact) mass is 464 g/mol. The summed E-state index contributed by atoms with van der Waals surface area (Å²) in [5.74, 6) is 2.24. The standard InChI is InChI=1S/C25H32N6O3/c1-28-21-9-8-20(34-2)16-22(21)31(25(28)33)17-18-4-6-19(7-5-18)23(32)29-12-14-30(15-13-29)24-26-10-3-11-27-24/h3,8-11,16,18-19H,4-7,12-15,17H2,1-2H3. The van der Waals surface area contributed by atoms with Crippen LogP contribution in [-0.2, 0) is 18.4 Å². The molecule has 180 valence electrons. The first-order chi connectivity index (χ1) is 16.5. The van der Waals surface area contributed by atoms with Gasteiger partial charge in [0.15, 0.2) is 0 Å². The first kappa shape index (κ1) is 22.4. The Morgan fingerprint density at radius 3 is 2.41 bits per heavy atom. The van der Waals surface area contributed by atoms with Gasteiger partial charge in [-0.15, -0.1) is 0 Å². The molecule has 0 radical (unpaired) electrons. The van der Waals surface area contributed by atoms with Gasteiger partial charge in [-0.1, -0.05) is 0 Å². The number of aryl methyl sites for hydroxylation is 1. The maximum atomic E-state index is 13.2. The number of benzene rings is 1. The number of fused-ring (bicyclic) bond motifs is 1. The van der Waals surface area contributed by atoms with Crippen LogP contribution in [0.25, 0.3) is 11.0 Å². The number of hydrogen-bond donors (Lipinski definition) is 0.